The van der Waals surface area contributed by atoms with Gasteiger partial charge in [0.1, 0.15) is 0 Å². The lowest BCUT2D eigenvalue weighted by Gasteiger charge is -2.00. The summed E-state index contributed by atoms with van der Waals surface area (Å²) in [5.74, 6) is 0. The lowest BCUT2D eigenvalue weighted by molar-refractivity contribution is -0.133. The third-order valence-electron chi connectivity index (χ3n) is 0.206. The summed E-state index contributed by atoms with van der Waals surface area (Å²) in [7, 11) is 0. The van der Waals surface area contributed by atoms with Crippen molar-refractivity contribution in [1.82, 2.24) is 0 Å². The second-order valence-electron chi connectivity index (χ2n) is 0.632. The first kappa shape index (κ1) is 7.84. The molecule has 0 aromatic carbocycles. The SMILES string of the molecule is OOP(O)(=S)SO. The topological polar surface area (TPSA) is 69.9 Å². The van der Waals surface area contributed by atoms with E-state index >= 15 is 0 Å². The molecule has 1 unspecified atom stereocenters. The molecule has 7 heteroatoms. The van der Waals surface area contributed by atoms with Crippen molar-refractivity contribution in [3.8, 4) is 0 Å². The predicted molar refractivity (Wildman–Crippen MR) is 30.4 cm³/mol. The molecule has 0 aromatic heterocycles. The Bertz CT molecular complexity index is 81.7. The molecule has 0 aliphatic carbocycles. The minimum Gasteiger partial charge on any atom is -0.334 e. The first-order valence-electron chi connectivity index (χ1n) is 1.11. The monoisotopic (exact) mass is 162 g/mol. The van der Waals surface area contributed by atoms with Crippen LogP contribution in [0.2, 0.25) is 0 Å². The molecule has 0 rings (SSSR count). The molecule has 0 saturated heterocycles. The molecule has 44 valence electrons. The third-order valence-corrected chi connectivity index (χ3v) is 2.24. The lowest BCUT2D eigenvalue weighted by Crippen LogP contribution is -1.73. The zero-order chi connectivity index (χ0) is 5.91. The van der Waals surface area contributed by atoms with Crippen LogP contribution >= 0.6 is 17.4 Å². The fraction of sp³-hybridized carbons (Fsp3) is 0. The molecule has 0 saturated carbocycles. The van der Waals surface area contributed by atoms with E-state index in [1.807, 2.05) is 0 Å². The van der Waals surface area contributed by atoms with Gasteiger partial charge in [-0.1, -0.05) is 0 Å². The van der Waals surface area contributed by atoms with Crippen LogP contribution in [0.3, 0.4) is 0 Å². The summed E-state index contributed by atoms with van der Waals surface area (Å²) in [6.07, 6.45) is 0. The predicted octanol–water partition coefficient (Wildman–Crippen LogP) is 0.899. The standard InChI is InChI=1S/H3O4PS2/c1-4-5(2,6)7-3/h1,3H,(H,2,6). The van der Waals surface area contributed by atoms with Crippen LogP contribution in [0.1, 0.15) is 0 Å². The van der Waals surface area contributed by atoms with E-state index in [9.17, 15) is 0 Å². The number of rotatable bonds is 2. The van der Waals surface area contributed by atoms with Gasteiger partial charge in [-0.25, -0.2) is 5.26 Å². The Morgan fingerprint density at radius 1 is 1.71 bits per heavy atom. The van der Waals surface area contributed by atoms with Gasteiger partial charge in [0.05, 0.1) is 11.7 Å². The number of hydrogen-bond donors (Lipinski definition) is 3. The summed E-state index contributed by atoms with van der Waals surface area (Å²) in [6, 6.07) is 0. The highest BCUT2D eigenvalue weighted by Crippen LogP contribution is 2.52. The molecule has 0 aromatic rings. The molecule has 0 fully saturated rings. The van der Waals surface area contributed by atoms with E-state index in [0.717, 1.165) is 0 Å². The van der Waals surface area contributed by atoms with Crippen molar-refractivity contribution in [2.75, 3.05) is 0 Å². The molecule has 7 heavy (non-hydrogen) atoms. The lowest BCUT2D eigenvalue weighted by atomic mass is 15.0. The fourth-order valence-electron chi connectivity index (χ4n) is 0.0149. The van der Waals surface area contributed by atoms with Crippen molar-refractivity contribution >= 4 is 29.2 Å². The van der Waals surface area contributed by atoms with Gasteiger partial charge in [0.25, 0.3) is 0 Å². The van der Waals surface area contributed by atoms with Crippen LogP contribution in [0.25, 0.3) is 0 Å². The first-order chi connectivity index (χ1) is 3.12. The van der Waals surface area contributed by atoms with Gasteiger partial charge in [-0.15, -0.1) is 0 Å². The van der Waals surface area contributed by atoms with Crippen molar-refractivity contribution in [3.05, 3.63) is 0 Å². The summed E-state index contributed by atoms with van der Waals surface area (Å²) in [6.45, 7) is 0. The second-order valence-corrected chi connectivity index (χ2v) is 6.05. The molecule has 0 heterocycles. The van der Waals surface area contributed by atoms with E-state index in [-0.39, 0.29) is 11.7 Å². The summed E-state index contributed by atoms with van der Waals surface area (Å²) >= 11 is 3.99. The van der Waals surface area contributed by atoms with Gasteiger partial charge in [0, 0.05) is 0 Å². The molecule has 0 amide bonds. The Kier molecular flexibility index (Phi) is 3.34. The van der Waals surface area contributed by atoms with E-state index < -0.39 is 5.69 Å². The molecule has 3 N–H and O–H groups in total. The largest absolute Gasteiger partial charge is 0.334 e. The molecule has 0 bridgehead atoms. The Morgan fingerprint density at radius 2 is 2.14 bits per heavy atom. The van der Waals surface area contributed by atoms with Gasteiger partial charge in [-0.3, -0.25) is 0 Å². The molecule has 0 aliphatic heterocycles. The van der Waals surface area contributed by atoms with E-state index in [4.69, 9.17) is 14.7 Å². The van der Waals surface area contributed by atoms with Gasteiger partial charge in [-0.2, -0.15) is 4.67 Å². The number of hydrogen-bond acceptors (Lipinski definition) is 5. The highest BCUT2D eigenvalue weighted by atomic mass is 32.9. The van der Waals surface area contributed by atoms with Crippen molar-refractivity contribution in [3.63, 3.8) is 0 Å². The molecular weight excluding hydrogens is 159 g/mol. The first-order valence-corrected chi connectivity index (χ1v) is 5.16. The van der Waals surface area contributed by atoms with Gasteiger partial charge in [-0.05, 0) is 11.8 Å². The molecular formula is H3O4PS2. The Morgan fingerprint density at radius 3 is 2.14 bits per heavy atom. The van der Waals surface area contributed by atoms with Crippen LogP contribution in [0.5, 0.6) is 0 Å². The smallest absolute Gasteiger partial charge is 0.301 e. The average Bonchev–Trinajstić information content (AvgIpc) is 1.68. The Labute approximate surface area is 49.2 Å². The summed E-state index contributed by atoms with van der Waals surface area (Å²) in [5, 5.41) is 7.61. The van der Waals surface area contributed by atoms with Crippen LogP contribution in [-0.2, 0) is 16.5 Å². The highest BCUT2D eigenvalue weighted by molar-refractivity contribution is 8.65. The summed E-state index contributed by atoms with van der Waals surface area (Å²) in [4.78, 5) is 8.30. The Balaban J connectivity index is 3.61. The molecule has 0 radical (unpaired) electrons. The van der Waals surface area contributed by atoms with Crippen molar-refractivity contribution < 1.29 is 19.4 Å². The second kappa shape index (κ2) is 2.99. The van der Waals surface area contributed by atoms with E-state index in [1.165, 1.54) is 0 Å². The van der Waals surface area contributed by atoms with E-state index in [1.54, 1.807) is 0 Å². The maximum absolute atomic E-state index is 8.30. The van der Waals surface area contributed by atoms with Crippen molar-refractivity contribution in [1.29, 1.82) is 0 Å². The summed E-state index contributed by atoms with van der Waals surface area (Å²) in [5.41, 5.74) is -3.29. The maximum atomic E-state index is 8.30. The van der Waals surface area contributed by atoms with Crippen LogP contribution < -0.4 is 0 Å². The quantitative estimate of drug-likeness (QED) is 0.242. The molecule has 0 spiro atoms. The van der Waals surface area contributed by atoms with Crippen LogP contribution in [0, 0.1) is 0 Å². The zero-order valence-corrected chi connectivity index (χ0v) is 5.54. The van der Waals surface area contributed by atoms with Gasteiger partial charge in [0.15, 0.2) is 0 Å². The van der Waals surface area contributed by atoms with Gasteiger partial charge >= 0.3 is 5.69 Å². The minimum absolute atomic E-state index is 0.0637. The fourth-order valence-corrected chi connectivity index (χ4v) is 0.134. The van der Waals surface area contributed by atoms with E-state index in [2.05, 4.69) is 16.5 Å². The van der Waals surface area contributed by atoms with Crippen LogP contribution in [0.4, 0.5) is 0 Å². The zero-order valence-electron chi connectivity index (χ0n) is 3.01. The van der Waals surface area contributed by atoms with Crippen LogP contribution in [-0.4, -0.2) is 14.7 Å². The molecule has 0 aliphatic rings. The summed E-state index contributed by atoms with van der Waals surface area (Å²) < 4.78 is 11.2. The van der Waals surface area contributed by atoms with Crippen molar-refractivity contribution in [2.45, 2.75) is 0 Å². The molecule has 1 atom stereocenters. The highest BCUT2D eigenvalue weighted by Gasteiger charge is 2.11. The van der Waals surface area contributed by atoms with E-state index in [0.29, 0.717) is 0 Å². The van der Waals surface area contributed by atoms with Gasteiger partial charge < -0.3 is 9.45 Å². The van der Waals surface area contributed by atoms with Crippen LogP contribution in [0.15, 0.2) is 0 Å². The van der Waals surface area contributed by atoms with Gasteiger partial charge in [0.2, 0.25) is 0 Å². The Hall–Kier alpha value is 0.840. The molecule has 4 nitrogen and oxygen atoms in total. The normalized spacial score (nSPS) is 18.7. The average molecular weight is 162 g/mol. The van der Waals surface area contributed by atoms with Crippen molar-refractivity contribution in [2.24, 2.45) is 0 Å². The minimum atomic E-state index is -3.29. The third kappa shape index (κ3) is 3.42. The maximum Gasteiger partial charge on any atom is 0.301 e.